The number of hydrogen-bond donors (Lipinski definition) is 0. The second-order valence-electron chi connectivity index (χ2n) is 7.67. The Morgan fingerprint density at radius 3 is 2.00 bits per heavy atom. The van der Waals surface area contributed by atoms with Crippen molar-refractivity contribution in [2.24, 2.45) is 5.92 Å². The number of ether oxygens (including phenoxy) is 1. The Bertz CT molecular complexity index is 345. The zero-order valence-electron chi connectivity index (χ0n) is 17.6. The van der Waals surface area contributed by atoms with Gasteiger partial charge in [0.2, 0.25) is 0 Å². The van der Waals surface area contributed by atoms with E-state index in [4.69, 9.17) is 4.74 Å². The first-order chi connectivity index (χ1) is 11.1. The molecule has 1 unspecified atom stereocenters. The van der Waals surface area contributed by atoms with E-state index in [1.54, 1.807) is 0 Å². The summed E-state index contributed by atoms with van der Waals surface area (Å²) in [5.74, 6) is 0.613. The van der Waals surface area contributed by atoms with Gasteiger partial charge in [-0.15, -0.1) is 0 Å². The third kappa shape index (κ3) is 8.34. The average molecular weight is 344 g/mol. The summed E-state index contributed by atoms with van der Waals surface area (Å²) in [7, 11) is 2.17. The summed E-state index contributed by atoms with van der Waals surface area (Å²) >= 11 is 0. The Labute approximate surface area is 150 Å². The topological polar surface area (TPSA) is 36.0 Å². The van der Waals surface area contributed by atoms with Crippen LogP contribution in [0.1, 0.15) is 55.4 Å². The van der Waals surface area contributed by atoms with Crippen molar-refractivity contribution in [3.63, 3.8) is 0 Å². The first-order valence-electron chi connectivity index (χ1n) is 9.54. The molecule has 0 spiro atoms. The minimum Gasteiger partial charge on any atom is -0.444 e. The molecule has 144 valence electrons. The fourth-order valence-electron chi connectivity index (χ4n) is 2.76. The lowest BCUT2D eigenvalue weighted by Crippen LogP contribution is -2.56. The molecule has 1 rings (SSSR count). The smallest absolute Gasteiger partial charge is 0.410 e. The highest BCUT2D eigenvalue weighted by Crippen LogP contribution is 2.17. The lowest BCUT2D eigenvalue weighted by atomic mass is 10.0. The van der Waals surface area contributed by atoms with Crippen LogP contribution in [-0.2, 0) is 4.74 Å². The molecule has 1 fully saturated rings. The van der Waals surface area contributed by atoms with Crippen molar-refractivity contribution in [1.29, 1.82) is 0 Å². The van der Waals surface area contributed by atoms with Crippen molar-refractivity contribution >= 4 is 6.09 Å². The van der Waals surface area contributed by atoms with E-state index in [-0.39, 0.29) is 6.09 Å². The highest BCUT2D eigenvalue weighted by molar-refractivity contribution is 5.68. The number of carbonyl (C=O) groups is 1. The van der Waals surface area contributed by atoms with Crippen molar-refractivity contribution in [3.05, 3.63) is 0 Å². The number of nitrogens with zero attached hydrogens (tertiary/aromatic N) is 3. The summed E-state index contributed by atoms with van der Waals surface area (Å²) in [6.45, 7) is 22.0. The van der Waals surface area contributed by atoms with Crippen LogP contribution in [0.3, 0.4) is 0 Å². The predicted octanol–water partition coefficient (Wildman–Crippen LogP) is 3.54. The average Bonchev–Trinajstić information content (AvgIpc) is 2.52. The Kier molecular flexibility index (Phi) is 10.6. The van der Waals surface area contributed by atoms with Crippen molar-refractivity contribution < 1.29 is 9.53 Å². The van der Waals surface area contributed by atoms with Gasteiger partial charge < -0.3 is 14.5 Å². The van der Waals surface area contributed by atoms with Crippen molar-refractivity contribution in [2.75, 3.05) is 46.3 Å². The molecule has 5 nitrogen and oxygen atoms in total. The Hall–Kier alpha value is -0.810. The van der Waals surface area contributed by atoms with E-state index < -0.39 is 5.60 Å². The van der Waals surface area contributed by atoms with Gasteiger partial charge in [0, 0.05) is 38.8 Å². The maximum atomic E-state index is 12.1. The van der Waals surface area contributed by atoms with Crippen LogP contribution >= 0.6 is 0 Å². The molecule has 0 saturated carbocycles. The van der Waals surface area contributed by atoms with Gasteiger partial charge in [-0.25, -0.2) is 4.79 Å². The number of piperazine rings is 1. The first kappa shape index (κ1) is 23.2. The van der Waals surface area contributed by atoms with Crippen LogP contribution in [0.5, 0.6) is 0 Å². The molecule has 0 aliphatic carbocycles. The van der Waals surface area contributed by atoms with Crippen LogP contribution in [0.15, 0.2) is 0 Å². The molecule has 1 heterocycles. The highest BCUT2D eigenvalue weighted by Gasteiger charge is 2.30. The van der Waals surface area contributed by atoms with E-state index in [0.29, 0.717) is 12.0 Å². The Morgan fingerprint density at radius 2 is 1.62 bits per heavy atom. The van der Waals surface area contributed by atoms with E-state index in [9.17, 15) is 4.79 Å². The van der Waals surface area contributed by atoms with Crippen LogP contribution in [0.2, 0.25) is 0 Å². The summed E-state index contributed by atoms with van der Waals surface area (Å²) in [4.78, 5) is 18.9. The van der Waals surface area contributed by atoms with Crippen molar-refractivity contribution in [3.8, 4) is 0 Å². The van der Waals surface area contributed by atoms with Gasteiger partial charge in [-0.3, -0.25) is 4.90 Å². The van der Waals surface area contributed by atoms with Gasteiger partial charge in [0.15, 0.2) is 0 Å². The highest BCUT2D eigenvalue weighted by atomic mass is 16.6. The maximum absolute atomic E-state index is 12.1. The van der Waals surface area contributed by atoms with Crippen LogP contribution in [0.25, 0.3) is 0 Å². The molecule has 1 atom stereocenters. The van der Waals surface area contributed by atoms with E-state index in [1.807, 2.05) is 39.5 Å². The second kappa shape index (κ2) is 10.9. The van der Waals surface area contributed by atoms with E-state index >= 15 is 0 Å². The molecule has 1 amide bonds. The molecular weight excluding hydrogens is 302 g/mol. The summed E-state index contributed by atoms with van der Waals surface area (Å²) < 4.78 is 5.46. The van der Waals surface area contributed by atoms with Gasteiger partial charge in [-0.2, -0.15) is 0 Å². The van der Waals surface area contributed by atoms with Gasteiger partial charge in [0.25, 0.3) is 0 Å². The minimum absolute atomic E-state index is 0.182. The van der Waals surface area contributed by atoms with Crippen molar-refractivity contribution in [2.45, 2.75) is 67.0 Å². The molecule has 0 aromatic heterocycles. The number of likely N-dealkylation sites (N-methyl/N-ethyl adjacent to an activating group) is 1. The fourth-order valence-corrected chi connectivity index (χ4v) is 2.76. The summed E-state index contributed by atoms with van der Waals surface area (Å²) in [6.07, 6.45) is -0.182. The molecular formula is C19H41N3O2. The third-order valence-electron chi connectivity index (χ3n) is 4.24. The van der Waals surface area contributed by atoms with Crippen LogP contribution in [0.4, 0.5) is 4.79 Å². The minimum atomic E-state index is -0.418. The molecule has 24 heavy (non-hydrogen) atoms. The zero-order valence-corrected chi connectivity index (χ0v) is 17.6. The molecule has 0 bridgehead atoms. The number of carbonyl (C=O) groups excluding carboxylic acids is 1. The summed E-state index contributed by atoms with van der Waals surface area (Å²) in [6, 6.07) is 0.547. The number of amides is 1. The monoisotopic (exact) mass is 343 g/mol. The maximum Gasteiger partial charge on any atom is 0.410 e. The van der Waals surface area contributed by atoms with Gasteiger partial charge in [0.1, 0.15) is 5.60 Å². The molecule has 0 aromatic rings. The molecule has 1 aliphatic heterocycles. The molecule has 0 N–H and O–H groups in total. The normalized spacial score (nSPS) is 17.5. The second-order valence-corrected chi connectivity index (χ2v) is 7.67. The summed E-state index contributed by atoms with van der Waals surface area (Å²) in [5, 5.41) is 0. The Morgan fingerprint density at radius 1 is 1.12 bits per heavy atom. The van der Waals surface area contributed by atoms with E-state index in [2.05, 4.69) is 37.6 Å². The van der Waals surface area contributed by atoms with Crippen LogP contribution in [0, 0.1) is 5.92 Å². The molecule has 1 saturated heterocycles. The number of rotatable bonds is 5. The van der Waals surface area contributed by atoms with Gasteiger partial charge in [0.05, 0.1) is 0 Å². The van der Waals surface area contributed by atoms with E-state index in [1.165, 1.54) is 0 Å². The van der Waals surface area contributed by atoms with Gasteiger partial charge >= 0.3 is 6.09 Å². The van der Waals surface area contributed by atoms with Crippen LogP contribution in [-0.4, -0.2) is 78.8 Å². The number of hydrogen-bond acceptors (Lipinski definition) is 4. The third-order valence-corrected chi connectivity index (χ3v) is 4.24. The lowest BCUT2D eigenvalue weighted by Gasteiger charge is -2.42. The largest absolute Gasteiger partial charge is 0.444 e. The fraction of sp³-hybridized carbons (Fsp3) is 0.947. The van der Waals surface area contributed by atoms with E-state index in [0.717, 1.165) is 39.3 Å². The molecule has 5 heteroatoms. The molecule has 1 aliphatic rings. The first-order valence-corrected chi connectivity index (χ1v) is 9.54. The summed E-state index contributed by atoms with van der Waals surface area (Å²) in [5.41, 5.74) is -0.418. The lowest BCUT2D eigenvalue weighted by molar-refractivity contribution is 0.00530. The quantitative estimate of drug-likeness (QED) is 0.765. The van der Waals surface area contributed by atoms with Crippen LogP contribution < -0.4 is 0 Å². The SMILES string of the molecule is CC.CCN(C)CC(C(C)C)N1CCN(C(=O)OC(C)(C)C)CC1. The predicted molar refractivity (Wildman–Crippen MR) is 103 cm³/mol. The van der Waals surface area contributed by atoms with Gasteiger partial charge in [-0.05, 0) is 40.3 Å². The molecule has 0 radical (unpaired) electrons. The van der Waals surface area contributed by atoms with Gasteiger partial charge in [-0.1, -0.05) is 34.6 Å². The Balaban J connectivity index is 0.00000254. The van der Waals surface area contributed by atoms with Crippen molar-refractivity contribution in [1.82, 2.24) is 14.7 Å². The zero-order chi connectivity index (χ0) is 18.9. The molecule has 0 aromatic carbocycles. The standard InChI is InChI=1S/C17H35N3O2.C2H6/c1-8-18(7)13-15(14(2)3)19-9-11-20(12-10-19)16(21)22-17(4,5)6;1-2/h14-15H,8-13H2,1-7H3;1-2H3.